The smallest absolute Gasteiger partial charge is 0.272 e. The van der Waals surface area contributed by atoms with Gasteiger partial charge in [0.25, 0.3) is 5.91 Å². The summed E-state index contributed by atoms with van der Waals surface area (Å²) in [4.78, 5) is 33.1. The molecule has 0 bridgehead atoms. The average molecular weight is 344 g/mol. The Morgan fingerprint density at radius 2 is 2.28 bits per heavy atom. The van der Waals surface area contributed by atoms with Crippen LogP contribution in [-0.4, -0.2) is 49.6 Å². The monoisotopic (exact) mass is 344 g/mol. The Morgan fingerprint density at radius 3 is 3.00 bits per heavy atom. The number of H-pyrrole nitrogens is 1. The minimum absolute atomic E-state index is 0.101. The second kappa shape index (κ2) is 7.50. The van der Waals surface area contributed by atoms with Crippen molar-refractivity contribution >= 4 is 11.8 Å². The second-order valence-corrected chi connectivity index (χ2v) is 6.39. The van der Waals surface area contributed by atoms with Crippen molar-refractivity contribution < 1.29 is 9.59 Å². The maximum atomic E-state index is 12.2. The van der Waals surface area contributed by atoms with E-state index in [-0.39, 0.29) is 17.7 Å². The minimum Gasteiger partial charge on any atom is -0.345 e. The molecule has 8 nitrogen and oxygen atoms in total. The topological polar surface area (TPSA) is 95.9 Å². The molecule has 1 atom stereocenters. The predicted molar refractivity (Wildman–Crippen MR) is 91.9 cm³/mol. The van der Waals surface area contributed by atoms with Crippen molar-refractivity contribution in [2.45, 2.75) is 45.7 Å². The molecule has 1 fully saturated rings. The molecule has 2 aromatic heterocycles. The lowest BCUT2D eigenvalue weighted by atomic mass is 10.1. The van der Waals surface area contributed by atoms with Gasteiger partial charge in [-0.2, -0.15) is 5.10 Å². The number of imidazole rings is 1. The molecule has 134 valence electrons. The first-order valence-electron chi connectivity index (χ1n) is 8.67. The van der Waals surface area contributed by atoms with Crippen LogP contribution in [0.1, 0.15) is 54.6 Å². The van der Waals surface area contributed by atoms with E-state index in [2.05, 4.69) is 27.3 Å². The van der Waals surface area contributed by atoms with Crippen LogP contribution in [0.4, 0.5) is 0 Å². The van der Waals surface area contributed by atoms with Crippen molar-refractivity contribution in [1.29, 1.82) is 0 Å². The summed E-state index contributed by atoms with van der Waals surface area (Å²) in [5.41, 5.74) is 1.26. The van der Waals surface area contributed by atoms with E-state index in [1.807, 2.05) is 11.1 Å². The molecule has 0 aromatic carbocycles. The predicted octanol–water partition coefficient (Wildman–Crippen LogP) is 1.28. The van der Waals surface area contributed by atoms with Crippen LogP contribution in [0.5, 0.6) is 0 Å². The van der Waals surface area contributed by atoms with Crippen LogP contribution >= 0.6 is 0 Å². The molecule has 2 amide bonds. The molecule has 0 radical (unpaired) electrons. The van der Waals surface area contributed by atoms with E-state index in [1.165, 1.54) is 0 Å². The molecular formula is C17H24N6O2. The van der Waals surface area contributed by atoms with Crippen molar-refractivity contribution in [2.75, 3.05) is 13.1 Å². The van der Waals surface area contributed by atoms with Gasteiger partial charge in [-0.3, -0.25) is 14.3 Å². The molecule has 8 heteroatoms. The molecule has 3 rings (SSSR count). The number of likely N-dealkylation sites (tertiary alicyclic amines) is 1. The quantitative estimate of drug-likeness (QED) is 0.825. The highest BCUT2D eigenvalue weighted by Crippen LogP contribution is 2.24. The van der Waals surface area contributed by atoms with Crippen LogP contribution in [-0.2, 0) is 17.9 Å². The number of carbonyl (C=O) groups excluding carboxylic acids is 2. The lowest BCUT2D eigenvalue weighted by molar-refractivity contribution is -0.127. The molecule has 0 aliphatic carbocycles. The molecule has 0 spiro atoms. The van der Waals surface area contributed by atoms with Gasteiger partial charge < -0.3 is 15.2 Å². The van der Waals surface area contributed by atoms with Gasteiger partial charge in [0, 0.05) is 38.7 Å². The number of carbonyl (C=O) groups is 2. The van der Waals surface area contributed by atoms with Gasteiger partial charge in [0.15, 0.2) is 0 Å². The average Bonchev–Trinajstić information content (AvgIpc) is 3.32. The van der Waals surface area contributed by atoms with Crippen LogP contribution in [0.25, 0.3) is 0 Å². The van der Waals surface area contributed by atoms with Gasteiger partial charge in [-0.25, -0.2) is 4.98 Å². The largest absolute Gasteiger partial charge is 0.345 e. The summed E-state index contributed by atoms with van der Waals surface area (Å²) >= 11 is 0. The Morgan fingerprint density at radius 1 is 1.44 bits per heavy atom. The summed E-state index contributed by atoms with van der Waals surface area (Å²) in [5, 5.41) is 7.10. The third-order valence-corrected chi connectivity index (χ3v) is 4.43. The first-order chi connectivity index (χ1) is 12.1. The highest BCUT2D eigenvalue weighted by Gasteiger charge is 2.27. The van der Waals surface area contributed by atoms with E-state index < -0.39 is 0 Å². The Balaban J connectivity index is 1.53. The summed E-state index contributed by atoms with van der Waals surface area (Å²) in [5.74, 6) is 1.01. The van der Waals surface area contributed by atoms with E-state index in [1.54, 1.807) is 23.9 Å². The van der Waals surface area contributed by atoms with E-state index in [4.69, 9.17) is 0 Å². The molecule has 3 heterocycles. The number of aromatic nitrogens is 4. The summed E-state index contributed by atoms with van der Waals surface area (Å²) in [6.45, 7) is 6.30. The molecular weight excluding hydrogens is 320 g/mol. The number of nitrogens with zero attached hydrogens (tertiary/aromatic N) is 4. The summed E-state index contributed by atoms with van der Waals surface area (Å²) in [6.07, 6.45) is 5.44. The van der Waals surface area contributed by atoms with E-state index in [0.29, 0.717) is 18.8 Å². The Kier molecular flexibility index (Phi) is 5.16. The number of hydrogen-bond acceptors (Lipinski definition) is 4. The van der Waals surface area contributed by atoms with Gasteiger partial charge in [0.1, 0.15) is 11.5 Å². The number of nitrogens with one attached hydrogen (secondary N) is 2. The van der Waals surface area contributed by atoms with Crippen molar-refractivity contribution in [3.63, 3.8) is 0 Å². The summed E-state index contributed by atoms with van der Waals surface area (Å²) in [7, 11) is 0. The fourth-order valence-corrected chi connectivity index (χ4v) is 3.05. The van der Waals surface area contributed by atoms with Crippen LogP contribution in [0.2, 0.25) is 0 Å². The molecule has 25 heavy (non-hydrogen) atoms. The molecule has 0 saturated carbocycles. The molecule has 1 unspecified atom stereocenters. The van der Waals surface area contributed by atoms with Gasteiger partial charge in [-0.05, 0) is 18.9 Å². The zero-order valence-corrected chi connectivity index (χ0v) is 14.7. The third kappa shape index (κ3) is 4.07. The van der Waals surface area contributed by atoms with Gasteiger partial charge in [-0.15, -0.1) is 0 Å². The van der Waals surface area contributed by atoms with Crippen LogP contribution < -0.4 is 5.32 Å². The first kappa shape index (κ1) is 17.2. The van der Waals surface area contributed by atoms with Gasteiger partial charge >= 0.3 is 0 Å². The van der Waals surface area contributed by atoms with E-state index in [9.17, 15) is 9.59 Å². The van der Waals surface area contributed by atoms with Crippen molar-refractivity contribution in [1.82, 2.24) is 30.0 Å². The SMILES string of the molecule is CCCn1ccc(C(=O)NCc2cnc(C3CCN(C(C)=O)C3)[nH]2)n1. The molecule has 1 aliphatic heterocycles. The van der Waals surface area contributed by atoms with E-state index in [0.717, 1.165) is 37.4 Å². The normalized spacial score (nSPS) is 17.0. The van der Waals surface area contributed by atoms with E-state index >= 15 is 0 Å². The fourth-order valence-electron chi connectivity index (χ4n) is 3.05. The van der Waals surface area contributed by atoms with Gasteiger partial charge in [0.05, 0.1) is 18.4 Å². The zero-order chi connectivity index (χ0) is 17.8. The number of aromatic amines is 1. The number of hydrogen-bond donors (Lipinski definition) is 2. The molecule has 2 N–H and O–H groups in total. The van der Waals surface area contributed by atoms with Crippen LogP contribution in [0, 0.1) is 0 Å². The fraction of sp³-hybridized carbons (Fsp3) is 0.529. The number of aryl methyl sites for hydroxylation is 1. The maximum absolute atomic E-state index is 12.2. The van der Waals surface area contributed by atoms with Crippen LogP contribution in [0.3, 0.4) is 0 Å². The highest BCUT2D eigenvalue weighted by atomic mass is 16.2. The second-order valence-electron chi connectivity index (χ2n) is 6.39. The summed E-state index contributed by atoms with van der Waals surface area (Å²) < 4.78 is 1.77. The van der Waals surface area contributed by atoms with Crippen LogP contribution in [0.15, 0.2) is 18.5 Å². The molecule has 1 aliphatic rings. The maximum Gasteiger partial charge on any atom is 0.272 e. The summed E-state index contributed by atoms with van der Waals surface area (Å²) in [6, 6.07) is 1.72. The Bertz CT molecular complexity index is 750. The first-order valence-corrected chi connectivity index (χ1v) is 8.67. The van der Waals surface area contributed by atoms with Crippen molar-refractivity contribution in [2.24, 2.45) is 0 Å². The minimum atomic E-state index is -0.199. The zero-order valence-electron chi connectivity index (χ0n) is 14.7. The standard InChI is InChI=1S/C17H24N6O2/c1-3-6-23-8-5-15(21-23)17(25)19-10-14-9-18-16(20-14)13-4-7-22(11-13)12(2)24/h5,8-9,13H,3-4,6-7,10-11H2,1-2H3,(H,18,20)(H,19,25). The lowest BCUT2D eigenvalue weighted by Crippen LogP contribution is -2.25. The lowest BCUT2D eigenvalue weighted by Gasteiger charge is -2.12. The Labute approximate surface area is 146 Å². The molecule has 2 aromatic rings. The number of amides is 2. The third-order valence-electron chi connectivity index (χ3n) is 4.43. The van der Waals surface area contributed by atoms with Crippen molar-refractivity contribution in [3.8, 4) is 0 Å². The number of rotatable bonds is 6. The Hall–Kier alpha value is -2.64. The van der Waals surface area contributed by atoms with Gasteiger partial charge in [0.2, 0.25) is 5.91 Å². The van der Waals surface area contributed by atoms with Crippen molar-refractivity contribution in [3.05, 3.63) is 35.7 Å². The highest BCUT2D eigenvalue weighted by molar-refractivity contribution is 5.92. The van der Waals surface area contributed by atoms with Gasteiger partial charge in [-0.1, -0.05) is 6.92 Å². The molecule has 1 saturated heterocycles.